The second-order valence-electron chi connectivity index (χ2n) is 5.57. The van der Waals surface area contributed by atoms with E-state index in [1.165, 1.54) is 37.8 Å². The van der Waals surface area contributed by atoms with Gasteiger partial charge < -0.3 is 11.1 Å². The Morgan fingerprint density at radius 2 is 2.06 bits per heavy atom. The molecule has 2 aliphatic carbocycles. The molecule has 2 saturated carbocycles. The van der Waals surface area contributed by atoms with Crippen LogP contribution in [0.5, 0.6) is 0 Å². The third kappa shape index (κ3) is 1.82. The highest BCUT2D eigenvalue weighted by atomic mass is 19.1. The number of benzene rings is 1. The predicted molar refractivity (Wildman–Crippen MR) is 67.3 cm³/mol. The Hall–Kier alpha value is -1.09. The van der Waals surface area contributed by atoms with Crippen molar-refractivity contribution in [3.63, 3.8) is 0 Å². The van der Waals surface area contributed by atoms with Crippen LogP contribution in [0.1, 0.15) is 25.7 Å². The fraction of sp³-hybridized carbons (Fsp3) is 0.571. The SMILES string of the molecule is NCC1(Nc2ccc(F)cc2)CC2CCC1C2. The highest BCUT2D eigenvalue weighted by molar-refractivity contribution is 5.46. The van der Waals surface area contributed by atoms with Gasteiger partial charge in [0.25, 0.3) is 0 Å². The molecule has 0 spiro atoms. The van der Waals surface area contributed by atoms with Crippen LogP contribution in [-0.2, 0) is 0 Å². The lowest BCUT2D eigenvalue weighted by Gasteiger charge is -2.38. The maximum atomic E-state index is 12.9. The molecule has 0 aliphatic heterocycles. The van der Waals surface area contributed by atoms with Crippen molar-refractivity contribution in [2.45, 2.75) is 31.2 Å². The minimum Gasteiger partial charge on any atom is -0.378 e. The molecule has 0 amide bonds. The van der Waals surface area contributed by atoms with Gasteiger partial charge in [-0.25, -0.2) is 4.39 Å². The highest BCUT2D eigenvalue weighted by Crippen LogP contribution is 2.51. The lowest BCUT2D eigenvalue weighted by Crippen LogP contribution is -2.49. The Bertz CT molecular complexity index is 403. The number of halogens is 1. The fourth-order valence-corrected chi connectivity index (χ4v) is 3.72. The first-order valence-corrected chi connectivity index (χ1v) is 6.46. The summed E-state index contributed by atoms with van der Waals surface area (Å²) in [6, 6.07) is 6.61. The molecule has 3 rings (SSSR count). The predicted octanol–water partition coefficient (Wildman–Crippen LogP) is 2.76. The summed E-state index contributed by atoms with van der Waals surface area (Å²) in [7, 11) is 0. The molecule has 2 aliphatic rings. The molecule has 3 unspecified atom stereocenters. The molecular formula is C14H19FN2. The van der Waals surface area contributed by atoms with E-state index in [0.717, 1.165) is 11.6 Å². The van der Waals surface area contributed by atoms with Gasteiger partial charge in [0.1, 0.15) is 5.82 Å². The molecule has 3 atom stereocenters. The zero-order valence-corrected chi connectivity index (χ0v) is 9.95. The Balaban J connectivity index is 1.80. The molecule has 3 N–H and O–H groups in total. The second-order valence-corrected chi connectivity index (χ2v) is 5.57. The Labute approximate surface area is 101 Å². The van der Waals surface area contributed by atoms with Crippen molar-refractivity contribution >= 4 is 5.69 Å². The number of fused-ring (bicyclic) bond motifs is 2. The van der Waals surface area contributed by atoms with Crippen molar-refractivity contribution < 1.29 is 4.39 Å². The van der Waals surface area contributed by atoms with E-state index in [1.807, 2.05) is 0 Å². The third-order valence-electron chi connectivity index (χ3n) is 4.58. The average molecular weight is 234 g/mol. The maximum Gasteiger partial charge on any atom is 0.123 e. The van der Waals surface area contributed by atoms with Gasteiger partial charge in [-0.1, -0.05) is 0 Å². The molecule has 0 aromatic heterocycles. The van der Waals surface area contributed by atoms with Gasteiger partial charge in [0.05, 0.1) is 5.54 Å². The first-order chi connectivity index (χ1) is 8.22. The number of hydrogen-bond donors (Lipinski definition) is 2. The maximum absolute atomic E-state index is 12.9. The van der Waals surface area contributed by atoms with Gasteiger partial charge in [-0.3, -0.25) is 0 Å². The number of nitrogens with two attached hydrogens (primary N) is 1. The molecule has 2 bridgehead atoms. The summed E-state index contributed by atoms with van der Waals surface area (Å²) in [5.41, 5.74) is 7.04. The van der Waals surface area contributed by atoms with Crippen LogP contribution in [-0.4, -0.2) is 12.1 Å². The summed E-state index contributed by atoms with van der Waals surface area (Å²) in [4.78, 5) is 0. The van der Waals surface area contributed by atoms with E-state index < -0.39 is 0 Å². The summed E-state index contributed by atoms with van der Waals surface area (Å²) in [6.45, 7) is 0.672. The largest absolute Gasteiger partial charge is 0.378 e. The lowest BCUT2D eigenvalue weighted by atomic mass is 9.80. The second kappa shape index (κ2) is 3.98. The molecule has 92 valence electrons. The molecule has 2 fully saturated rings. The van der Waals surface area contributed by atoms with Gasteiger partial charge in [0.15, 0.2) is 0 Å². The number of anilines is 1. The van der Waals surface area contributed by atoms with E-state index in [-0.39, 0.29) is 11.4 Å². The van der Waals surface area contributed by atoms with Crippen molar-refractivity contribution in [2.75, 3.05) is 11.9 Å². The summed E-state index contributed by atoms with van der Waals surface area (Å²) in [5, 5.41) is 3.57. The topological polar surface area (TPSA) is 38.0 Å². The van der Waals surface area contributed by atoms with E-state index in [9.17, 15) is 4.39 Å². The van der Waals surface area contributed by atoms with E-state index in [1.54, 1.807) is 12.1 Å². The molecule has 3 heteroatoms. The number of hydrogen-bond acceptors (Lipinski definition) is 2. The summed E-state index contributed by atoms with van der Waals surface area (Å²) in [6.07, 6.45) is 5.13. The fourth-order valence-electron chi connectivity index (χ4n) is 3.72. The van der Waals surface area contributed by atoms with Gasteiger partial charge in [-0.15, -0.1) is 0 Å². The van der Waals surface area contributed by atoms with E-state index in [2.05, 4.69) is 5.32 Å². The van der Waals surface area contributed by atoms with Crippen LogP contribution >= 0.6 is 0 Å². The highest BCUT2D eigenvalue weighted by Gasteiger charge is 2.50. The number of rotatable bonds is 3. The molecule has 2 nitrogen and oxygen atoms in total. The van der Waals surface area contributed by atoms with Crippen molar-refractivity contribution in [2.24, 2.45) is 17.6 Å². The Morgan fingerprint density at radius 3 is 2.59 bits per heavy atom. The van der Waals surface area contributed by atoms with E-state index >= 15 is 0 Å². The summed E-state index contributed by atoms with van der Waals surface area (Å²) < 4.78 is 12.9. The van der Waals surface area contributed by atoms with Crippen molar-refractivity contribution in [1.82, 2.24) is 0 Å². The Kier molecular flexibility index (Phi) is 2.58. The minimum absolute atomic E-state index is 0.0563. The van der Waals surface area contributed by atoms with E-state index in [0.29, 0.717) is 12.5 Å². The van der Waals surface area contributed by atoms with Crippen LogP contribution in [0.4, 0.5) is 10.1 Å². The number of nitrogens with one attached hydrogen (secondary N) is 1. The molecular weight excluding hydrogens is 215 g/mol. The summed E-state index contributed by atoms with van der Waals surface area (Å²) >= 11 is 0. The van der Waals surface area contributed by atoms with Crippen LogP contribution < -0.4 is 11.1 Å². The Morgan fingerprint density at radius 1 is 1.29 bits per heavy atom. The molecule has 0 saturated heterocycles. The standard InChI is InChI=1S/C14H19FN2/c15-12-3-5-13(6-4-12)17-14(9-16)8-10-1-2-11(14)7-10/h3-6,10-11,17H,1-2,7-9,16H2. The third-order valence-corrected chi connectivity index (χ3v) is 4.58. The molecule has 0 heterocycles. The van der Waals surface area contributed by atoms with Gasteiger partial charge in [-0.2, -0.15) is 0 Å². The molecule has 1 aromatic rings. The average Bonchev–Trinajstić information content (AvgIpc) is 2.93. The first-order valence-electron chi connectivity index (χ1n) is 6.46. The van der Waals surface area contributed by atoms with Crippen molar-refractivity contribution in [3.05, 3.63) is 30.1 Å². The normalized spacial score (nSPS) is 35.2. The van der Waals surface area contributed by atoms with Crippen LogP contribution in [0.15, 0.2) is 24.3 Å². The minimum atomic E-state index is -0.190. The van der Waals surface area contributed by atoms with Crippen molar-refractivity contribution in [1.29, 1.82) is 0 Å². The molecule has 1 aromatic carbocycles. The lowest BCUT2D eigenvalue weighted by molar-refractivity contribution is 0.306. The summed E-state index contributed by atoms with van der Waals surface area (Å²) in [5.74, 6) is 1.35. The van der Waals surface area contributed by atoms with Crippen LogP contribution in [0.25, 0.3) is 0 Å². The van der Waals surface area contributed by atoms with Crippen LogP contribution in [0.2, 0.25) is 0 Å². The van der Waals surface area contributed by atoms with Gasteiger partial charge in [-0.05, 0) is 61.8 Å². The van der Waals surface area contributed by atoms with E-state index in [4.69, 9.17) is 5.73 Å². The van der Waals surface area contributed by atoms with Gasteiger partial charge in [0, 0.05) is 12.2 Å². The van der Waals surface area contributed by atoms with Crippen molar-refractivity contribution in [3.8, 4) is 0 Å². The zero-order chi connectivity index (χ0) is 11.9. The zero-order valence-electron chi connectivity index (χ0n) is 9.95. The monoisotopic (exact) mass is 234 g/mol. The van der Waals surface area contributed by atoms with Crippen LogP contribution in [0, 0.1) is 17.7 Å². The van der Waals surface area contributed by atoms with Gasteiger partial charge >= 0.3 is 0 Å². The van der Waals surface area contributed by atoms with Crippen LogP contribution in [0.3, 0.4) is 0 Å². The quantitative estimate of drug-likeness (QED) is 0.844. The smallest absolute Gasteiger partial charge is 0.123 e. The first kappa shape index (κ1) is 11.0. The molecule has 0 radical (unpaired) electrons. The molecule has 17 heavy (non-hydrogen) atoms. The van der Waals surface area contributed by atoms with Gasteiger partial charge in [0.2, 0.25) is 0 Å².